The predicted molar refractivity (Wildman–Crippen MR) is 66.4 cm³/mol. The first-order chi connectivity index (χ1) is 7.79. The summed E-state index contributed by atoms with van der Waals surface area (Å²) in [6.45, 7) is 0.592. The molecule has 0 saturated heterocycles. The second kappa shape index (κ2) is 7.17. The molecular formula is C12H16O3S. The summed E-state index contributed by atoms with van der Waals surface area (Å²) in [7, 11) is 1.36. The lowest BCUT2D eigenvalue weighted by molar-refractivity contribution is 0.0596. The van der Waals surface area contributed by atoms with Gasteiger partial charge in [0.15, 0.2) is 0 Å². The largest absolute Gasteiger partial charge is 0.493 e. The van der Waals surface area contributed by atoms with E-state index in [1.54, 1.807) is 18.2 Å². The maximum absolute atomic E-state index is 11.4. The quantitative estimate of drug-likeness (QED) is 0.471. The molecular weight excluding hydrogens is 224 g/mol. The van der Waals surface area contributed by atoms with Crippen LogP contribution in [0, 0.1) is 0 Å². The minimum atomic E-state index is -0.371. The second-order valence-electron chi connectivity index (χ2n) is 3.27. The molecule has 0 aliphatic heterocycles. The van der Waals surface area contributed by atoms with Crippen molar-refractivity contribution in [2.24, 2.45) is 0 Å². The van der Waals surface area contributed by atoms with Gasteiger partial charge >= 0.3 is 5.97 Å². The minimum Gasteiger partial charge on any atom is -0.493 e. The standard InChI is InChI=1S/C12H16O3S/c1-14-12(13)10-6-2-3-7-11(10)15-8-4-5-9-16/h2-3,6-7,16H,4-5,8-9H2,1H3. The van der Waals surface area contributed by atoms with Crippen LogP contribution in [0.3, 0.4) is 0 Å². The van der Waals surface area contributed by atoms with Crippen LogP contribution in [0.25, 0.3) is 0 Å². The van der Waals surface area contributed by atoms with Crippen LogP contribution in [0.2, 0.25) is 0 Å². The van der Waals surface area contributed by atoms with Gasteiger partial charge in [0, 0.05) is 0 Å². The highest BCUT2D eigenvalue weighted by atomic mass is 32.1. The van der Waals surface area contributed by atoms with Crippen molar-refractivity contribution in [1.82, 2.24) is 0 Å². The van der Waals surface area contributed by atoms with Crippen LogP contribution in [0.4, 0.5) is 0 Å². The van der Waals surface area contributed by atoms with Gasteiger partial charge in [-0.15, -0.1) is 0 Å². The molecule has 1 aromatic carbocycles. The van der Waals surface area contributed by atoms with Gasteiger partial charge in [0.1, 0.15) is 11.3 Å². The highest BCUT2D eigenvalue weighted by Crippen LogP contribution is 2.19. The topological polar surface area (TPSA) is 35.5 Å². The van der Waals surface area contributed by atoms with E-state index in [1.807, 2.05) is 6.07 Å². The Morgan fingerprint density at radius 1 is 1.31 bits per heavy atom. The van der Waals surface area contributed by atoms with Crippen LogP contribution in [0.1, 0.15) is 23.2 Å². The molecule has 4 heteroatoms. The Labute approximate surface area is 101 Å². The Bertz CT molecular complexity index is 339. The Morgan fingerprint density at radius 3 is 2.75 bits per heavy atom. The van der Waals surface area contributed by atoms with Crippen molar-refractivity contribution in [3.05, 3.63) is 29.8 Å². The molecule has 0 atom stereocenters. The molecule has 0 aromatic heterocycles. The van der Waals surface area contributed by atoms with Crippen molar-refractivity contribution in [2.45, 2.75) is 12.8 Å². The number of hydrogen-bond acceptors (Lipinski definition) is 4. The first-order valence-electron chi connectivity index (χ1n) is 5.20. The highest BCUT2D eigenvalue weighted by Gasteiger charge is 2.11. The molecule has 1 rings (SSSR count). The zero-order valence-electron chi connectivity index (χ0n) is 9.31. The summed E-state index contributed by atoms with van der Waals surface area (Å²) in [4.78, 5) is 11.4. The summed E-state index contributed by atoms with van der Waals surface area (Å²) < 4.78 is 10.2. The lowest BCUT2D eigenvalue weighted by Crippen LogP contribution is -2.06. The van der Waals surface area contributed by atoms with Crippen molar-refractivity contribution in [3.63, 3.8) is 0 Å². The number of carbonyl (C=O) groups excluding carboxylic acids is 1. The van der Waals surface area contributed by atoms with Gasteiger partial charge in [-0.1, -0.05) is 12.1 Å². The molecule has 0 unspecified atom stereocenters. The van der Waals surface area contributed by atoms with Gasteiger partial charge in [-0.25, -0.2) is 4.79 Å². The van der Waals surface area contributed by atoms with Crippen LogP contribution in [-0.4, -0.2) is 25.4 Å². The van der Waals surface area contributed by atoms with Crippen molar-refractivity contribution in [3.8, 4) is 5.75 Å². The number of unbranched alkanes of at least 4 members (excludes halogenated alkanes) is 1. The molecule has 0 spiro atoms. The van der Waals surface area contributed by atoms with E-state index in [0.717, 1.165) is 18.6 Å². The summed E-state index contributed by atoms with van der Waals surface area (Å²) in [6.07, 6.45) is 1.93. The third-order valence-corrected chi connectivity index (χ3v) is 2.42. The third-order valence-electron chi connectivity index (χ3n) is 2.10. The minimum absolute atomic E-state index is 0.371. The Morgan fingerprint density at radius 2 is 2.06 bits per heavy atom. The van der Waals surface area contributed by atoms with E-state index >= 15 is 0 Å². The van der Waals surface area contributed by atoms with Gasteiger partial charge in [-0.3, -0.25) is 0 Å². The zero-order chi connectivity index (χ0) is 11.8. The molecule has 0 aliphatic rings. The van der Waals surface area contributed by atoms with Gasteiger partial charge in [0.2, 0.25) is 0 Å². The third kappa shape index (κ3) is 3.77. The van der Waals surface area contributed by atoms with Gasteiger partial charge in [-0.2, -0.15) is 12.6 Å². The van der Waals surface area contributed by atoms with Crippen LogP contribution < -0.4 is 4.74 Å². The second-order valence-corrected chi connectivity index (χ2v) is 3.71. The van der Waals surface area contributed by atoms with E-state index < -0.39 is 0 Å². The van der Waals surface area contributed by atoms with Crippen LogP contribution in [0.15, 0.2) is 24.3 Å². The fourth-order valence-corrected chi connectivity index (χ4v) is 1.49. The lowest BCUT2D eigenvalue weighted by atomic mass is 10.2. The number of thiol groups is 1. The summed E-state index contributed by atoms with van der Waals surface area (Å²) in [5.74, 6) is 1.06. The van der Waals surface area contributed by atoms with Crippen LogP contribution in [0.5, 0.6) is 5.75 Å². The molecule has 0 fully saturated rings. The first-order valence-corrected chi connectivity index (χ1v) is 5.84. The number of carbonyl (C=O) groups is 1. The Balaban J connectivity index is 2.60. The highest BCUT2D eigenvalue weighted by molar-refractivity contribution is 7.80. The number of benzene rings is 1. The smallest absolute Gasteiger partial charge is 0.341 e. The number of hydrogen-bond donors (Lipinski definition) is 1. The predicted octanol–water partition coefficient (Wildman–Crippen LogP) is 2.56. The average molecular weight is 240 g/mol. The van der Waals surface area contributed by atoms with Gasteiger partial charge < -0.3 is 9.47 Å². The Kier molecular flexibility index (Phi) is 5.78. The molecule has 0 aliphatic carbocycles. The molecule has 0 heterocycles. The summed E-state index contributed by atoms with van der Waals surface area (Å²) in [5.41, 5.74) is 0.468. The molecule has 0 radical (unpaired) electrons. The van der Waals surface area contributed by atoms with Crippen LogP contribution in [-0.2, 0) is 4.74 Å². The van der Waals surface area contributed by atoms with Gasteiger partial charge in [0.05, 0.1) is 13.7 Å². The molecule has 1 aromatic rings. The average Bonchev–Trinajstić information content (AvgIpc) is 2.34. The van der Waals surface area contributed by atoms with Gasteiger partial charge in [0.25, 0.3) is 0 Å². The molecule has 3 nitrogen and oxygen atoms in total. The van der Waals surface area contributed by atoms with Crippen molar-refractivity contribution < 1.29 is 14.3 Å². The van der Waals surface area contributed by atoms with E-state index in [-0.39, 0.29) is 5.97 Å². The van der Waals surface area contributed by atoms with E-state index in [2.05, 4.69) is 17.4 Å². The van der Waals surface area contributed by atoms with Crippen molar-refractivity contribution >= 4 is 18.6 Å². The SMILES string of the molecule is COC(=O)c1ccccc1OCCCCS. The fourth-order valence-electron chi connectivity index (χ4n) is 1.27. The molecule has 0 N–H and O–H groups in total. The Hall–Kier alpha value is -1.16. The molecule has 0 bridgehead atoms. The van der Waals surface area contributed by atoms with E-state index in [0.29, 0.717) is 17.9 Å². The maximum Gasteiger partial charge on any atom is 0.341 e. The number of esters is 1. The zero-order valence-corrected chi connectivity index (χ0v) is 10.2. The number of methoxy groups -OCH3 is 1. The lowest BCUT2D eigenvalue weighted by Gasteiger charge is -2.09. The van der Waals surface area contributed by atoms with E-state index in [9.17, 15) is 4.79 Å². The van der Waals surface area contributed by atoms with Crippen LogP contribution >= 0.6 is 12.6 Å². The molecule has 0 amide bonds. The summed E-state index contributed by atoms with van der Waals surface area (Å²) in [6, 6.07) is 7.08. The van der Waals surface area contributed by atoms with Gasteiger partial charge in [-0.05, 0) is 30.7 Å². The van der Waals surface area contributed by atoms with Crippen molar-refractivity contribution in [2.75, 3.05) is 19.5 Å². The number of ether oxygens (including phenoxy) is 2. The maximum atomic E-state index is 11.4. The number of para-hydroxylation sites is 1. The van der Waals surface area contributed by atoms with E-state index in [4.69, 9.17) is 4.74 Å². The number of rotatable bonds is 6. The molecule has 16 heavy (non-hydrogen) atoms. The molecule has 0 saturated carbocycles. The summed E-state index contributed by atoms with van der Waals surface area (Å²) in [5, 5.41) is 0. The first kappa shape index (κ1) is 12.9. The van der Waals surface area contributed by atoms with E-state index in [1.165, 1.54) is 7.11 Å². The monoisotopic (exact) mass is 240 g/mol. The van der Waals surface area contributed by atoms with Crippen molar-refractivity contribution in [1.29, 1.82) is 0 Å². The molecule has 88 valence electrons. The normalized spacial score (nSPS) is 9.88. The summed E-state index contributed by atoms with van der Waals surface area (Å²) >= 11 is 4.12. The fraction of sp³-hybridized carbons (Fsp3) is 0.417.